The lowest BCUT2D eigenvalue weighted by Crippen LogP contribution is -2.46. The fourth-order valence-electron chi connectivity index (χ4n) is 2.41. The number of aryl methyl sites for hydroxylation is 1. The van der Waals surface area contributed by atoms with Gasteiger partial charge in [0.05, 0.1) is 0 Å². The van der Waals surface area contributed by atoms with Crippen LogP contribution < -0.4 is 10.6 Å². The topological polar surface area (TPSA) is 67.2 Å². The number of amides is 1. The SMILES string of the molecule is CCCC(C)NC(C)(C)CCNC(=O)c1cc(CC)on1. The molecule has 5 nitrogen and oxygen atoms in total. The van der Waals surface area contributed by atoms with Gasteiger partial charge in [0.25, 0.3) is 5.91 Å². The molecule has 0 radical (unpaired) electrons. The van der Waals surface area contributed by atoms with Crippen LogP contribution in [0.2, 0.25) is 0 Å². The fraction of sp³-hybridized carbons (Fsp3) is 0.750. The van der Waals surface area contributed by atoms with Crippen molar-refractivity contribution in [3.63, 3.8) is 0 Å². The minimum Gasteiger partial charge on any atom is -0.361 e. The third-order valence-electron chi connectivity index (χ3n) is 3.53. The average Bonchev–Trinajstić information content (AvgIpc) is 2.86. The monoisotopic (exact) mass is 295 g/mol. The molecular formula is C16H29N3O2. The maximum absolute atomic E-state index is 11.9. The van der Waals surface area contributed by atoms with Crippen molar-refractivity contribution in [3.05, 3.63) is 17.5 Å². The predicted molar refractivity (Wildman–Crippen MR) is 84.4 cm³/mol. The molecule has 120 valence electrons. The summed E-state index contributed by atoms with van der Waals surface area (Å²) in [5, 5.41) is 10.3. The smallest absolute Gasteiger partial charge is 0.273 e. The first-order valence-corrected chi connectivity index (χ1v) is 7.89. The van der Waals surface area contributed by atoms with Crippen LogP contribution in [0.4, 0.5) is 0 Å². The second kappa shape index (κ2) is 8.17. The number of nitrogens with zero attached hydrogens (tertiary/aromatic N) is 1. The summed E-state index contributed by atoms with van der Waals surface area (Å²) in [5.74, 6) is 0.561. The van der Waals surface area contributed by atoms with Crippen molar-refractivity contribution in [2.75, 3.05) is 6.54 Å². The van der Waals surface area contributed by atoms with E-state index in [-0.39, 0.29) is 11.4 Å². The molecule has 1 atom stereocenters. The van der Waals surface area contributed by atoms with E-state index >= 15 is 0 Å². The van der Waals surface area contributed by atoms with E-state index in [2.05, 4.69) is 43.5 Å². The van der Waals surface area contributed by atoms with Crippen molar-refractivity contribution in [3.8, 4) is 0 Å². The lowest BCUT2D eigenvalue weighted by Gasteiger charge is -2.30. The predicted octanol–water partition coefficient (Wildman–Crippen LogP) is 2.91. The first kappa shape index (κ1) is 17.7. The van der Waals surface area contributed by atoms with Gasteiger partial charge in [-0.25, -0.2) is 0 Å². The molecule has 0 aliphatic carbocycles. The number of nitrogens with one attached hydrogen (secondary N) is 2. The van der Waals surface area contributed by atoms with Gasteiger partial charge in [-0.3, -0.25) is 4.79 Å². The number of hydrogen-bond donors (Lipinski definition) is 2. The molecule has 2 N–H and O–H groups in total. The summed E-state index contributed by atoms with van der Waals surface area (Å²) in [7, 11) is 0. The molecule has 1 amide bonds. The highest BCUT2D eigenvalue weighted by atomic mass is 16.5. The molecule has 0 spiro atoms. The van der Waals surface area contributed by atoms with E-state index in [9.17, 15) is 4.79 Å². The zero-order chi connectivity index (χ0) is 15.9. The van der Waals surface area contributed by atoms with Crippen molar-refractivity contribution in [2.24, 2.45) is 0 Å². The van der Waals surface area contributed by atoms with Crippen LogP contribution in [0.1, 0.15) is 70.1 Å². The highest BCUT2D eigenvalue weighted by molar-refractivity contribution is 5.92. The van der Waals surface area contributed by atoms with Crippen molar-refractivity contribution in [2.45, 2.75) is 71.9 Å². The summed E-state index contributed by atoms with van der Waals surface area (Å²) in [5.41, 5.74) is 0.359. The van der Waals surface area contributed by atoms with E-state index in [0.717, 1.165) is 25.0 Å². The molecule has 1 heterocycles. The van der Waals surface area contributed by atoms with Crippen molar-refractivity contribution in [1.29, 1.82) is 0 Å². The Balaban J connectivity index is 2.36. The third-order valence-corrected chi connectivity index (χ3v) is 3.53. The van der Waals surface area contributed by atoms with Crippen LogP contribution >= 0.6 is 0 Å². The Kier molecular flexibility index (Phi) is 6.89. The van der Waals surface area contributed by atoms with Gasteiger partial charge in [0.2, 0.25) is 0 Å². The summed E-state index contributed by atoms with van der Waals surface area (Å²) in [4.78, 5) is 11.9. The maximum Gasteiger partial charge on any atom is 0.273 e. The Morgan fingerprint density at radius 2 is 2.14 bits per heavy atom. The quantitative estimate of drug-likeness (QED) is 0.735. The lowest BCUT2D eigenvalue weighted by molar-refractivity contribution is 0.0941. The van der Waals surface area contributed by atoms with E-state index in [4.69, 9.17) is 4.52 Å². The molecule has 1 aromatic heterocycles. The summed E-state index contributed by atoms with van der Waals surface area (Å²) in [6.07, 6.45) is 3.94. The standard InChI is InChI=1S/C16H29N3O2/c1-6-8-12(3)18-16(4,5)9-10-17-15(20)14-11-13(7-2)21-19-14/h11-12,18H,6-10H2,1-5H3,(H,17,20). The molecule has 21 heavy (non-hydrogen) atoms. The minimum atomic E-state index is -0.171. The van der Waals surface area contributed by atoms with E-state index in [0.29, 0.717) is 18.3 Å². The van der Waals surface area contributed by atoms with Gasteiger partial charge in [0, 0.05) is 30.6 Å². The van der Waals surface area contributed by atoms with Gasteiger partial charge < -0.3 is 15.2 Å². The van der Waals surface area contributed by atoms with Crippen molar-refractivity contribution >= 4 is 5.91 Å². The Morgan fingerprint density at radius 3 is 2.71 bits per heavy atom. The van der Waals surface area contributed by atoms with Gasteiger partial charge in [-0.05, 0) is 33.6 Å². The molecule has 0 fully saturated rings. The summed E-state index contributed by atoms with van der Waals surface area (Å²) in [6.45, 7) is 11.3. The van der Waals surface area contributed by atoms with Gasteiger partial charge in [0.15, 0.2) is 5.69 Å². The van der Waals surface area contributed by atoms with E-state index in [1.165, 1.54) is 6.42 Å². The fourth-order valence-corrected chi connectivity index (χ4v) is 2.41. The zero-order valence-corrected chi connectivity index (χ0v) is 14.0. The normalized spacial score (nSPS) is 13.2. The first-order chi connectivity index (χ1) is 9.88. The van der Waals surface area contributed by atoms with Gasteiger partial charge in [-0.15, -0.1) is 0 Å². The van der Waals surface area contributed by atoms with Crippen LogP contribution in [0.5, 0.6) is 0 Å². The molecule has 1 unspecified atom stereocenters. The van der Waals surface area contributed by atoms with Gasteiger partial charge in [0.1, 0.15) is 5.76 Å². The Hall–Kier alpha value is -1.36. The highest BCUT2D eigenvalue weighted by Gasteiger charge is 2.20. The number of rotatable bonds is 9. The van der Waals surface area contributed by atoms with Crippen LogP contribution in [0.3, 0.4) is 0 Å². The van der Waals surface area contributed by atoms with Gasteiger partial charge >= 0.3 is 0 Å². The van der Waals surface area contributed by atoms with E-state index in [1.807, 2.05) is 6.92 Å². The third kappa shape index (κ3) is 6.29. The van der Waals surface area contributed by atoms with Crippen LogP contribution in [-0.2, 0) is 6.42 Å². The summed E-state index contributed by atoms with van der Waals surface area (Å²) < 4.78 is 5.04. The van der Waals surface area contributed by atoms with Crippen LogP contribution in [-0.4, -0.2) is 29.2 Å². The van der Waals surface area contributed by atoms with Crippen LogP contribution in [0.25, 0.3) is 0 Å². The second-order valence-electron chi connectivity index (χ2n) is 6.26. The van der Waals surface area contributed by atoms with Crippen molar-refractivity contribution < 1.29 is 9.32 Å². The molecule has 0 aliphatic rings. The second-order valence-corrected chi connectivity index (χ2v) is 6.26. The molecule has 5 heteroatoms. The number of carbonyl (C=O) groups excluding carboxylic acids is 1. The summed E-state index contributed by atoms with van der Waals surface area (Å²) >= 11 is 0. The average molecular weight is 295 g/mol. The maximum atomic E-state index is 11.9. The number of carbonyl (C=O) groups is 1. The van der Waals surface area contributed by atoms with Crippen molar-refractivity contribution in [1.82, 2.24) is 15.8 Å². The lowest BCUT2D eigenvalue weighted by atomic mass is 9.98. The molecule has 0 aliphatic heterocycles. The number of aromatic nitrogens is 1. The Labute approximate surface area is 127 Å². The Morgan fingerprint density at radius 1 is 1.43 bits per heavy atom. The minimum absolute atomic E-state index is 0.000268. The molecule has 0 aromatic carbocycles. The molecule has 0 saturated carbocycles. The first-order valence-electron chi connectivity index (χ1n) is 7.89. The van der Waals surface area contributed by atoms with E-state index < -0.39 is 0 Å². The van der Waals surface area contributed by atoms with Crippen LogP contribution in [0, 0.1) is 0 Å². The Bertz CT molecular complexity index is 440. The molecule has 0 bridgehead atoms. The van der Waals surface area contributed by atoms with Gasteiger partial charge in [-0.2, -0.15) is 0 Å². The van der Waals surface area contributed by atoms with Gasteiger partial charge in [-0.1, -0.05) is 25.4 Å². The van der Waals surface area contributed by atoms with E-state index in [1.54, 1.807) is 6.07 Å². The molecule has 0 saturated heterocycles. The highest BCUT2D eigenvalue weighted by Crippen LogP contribution is 2.11. The van der Waals surface area contributed by atoms with Crippen LogP contribution in [0.15, 0.2) is 10.6 Å². The molecule has 1 rings (SSSR count). The summed E-state index contributed by atoms with van der Waals surface area (Å²) in [6, 6.07) is 2.19. The zero-order valence-electron chi connectivity index (χ0n) is 14.0. The molecular weight excluding hydrogens is 266 g/mol. The number of hydrogen-bond acceptors (Lipinski definition) is 4. The largest absolute Gasteiger partial charge is 0.361 e. The molecule has 1 aromatic rings.